The number of unbranched alkanes of at least 4 members (excludes halogenated alkanes) is 1. The van der Waals surface area contributed by atoms with Crippen molar-refractivity contribution in [1.82, 2.24) is 10.6 Å². The highest BCUT2D eigenvalue weighted by Gasteiger charge is 2.35. The molecule has 4 N–H and O–H groups in total. The molecule has 3 aliphatic rings. The predicted molar refractivity (Wildman–Crippen MR) is 151 cm³/mol. The molecule has 2 heterocycles. The summed E-state index contributed by atoms with van der Waals surface area (Å²) in [4.78, 5) is 29.4. The molecular weight excluding hydrogens is 492 g/mol. The van der Waals surface area contributed by atoms with Gasteiger partial charge in [-0.25, -0.2) is 4.99 Å². The van der Waals surface area contributed by atoms with Crippen molar-refractivity contribution in [1.29, 1.82) is 0 Å². The molecule has 0 aromatic heterocycles. The van der Waals surface area contributed by atoms with Crippen molar-refractivity contribution in [2.45, 2.75) is 82.9 Å². The lowest BCUT2D eigenvalue weighted by atomic mass is 9.88. The fourth-order valence-electron chi connectivity index (χ4n) is 6.19. The fourth-order valence-corrected chi connectivity index (χ4v) is 6.19. The van der Waals surface area contributed by atoms with Gasteiger partial charge in [-0.15, -0.1) is 0 Å². The Hall–Kier alpha value is -3.39. The fraction of sp³-hybridized carbons (Fsp3) is 0.516. The van der Waals surface area contributed by atoms with E-state index in [4.69, 9.17) is 15.2 Å². The Labute approximate surface area is 230 Å². The van der Waals surface area contributed by atoms with Gasteiger partial charge in [0.1, 0.15) is 11.4 Å². The minimum absolute atomic E-state index is 0.0393. The number of aryl methyl sites for hydroxylation is 1. The number of benzene rings is 2. The number of ether oxygens (including phenoxy) is 2. The van der Waals surface area contributed by atoms with E-state index in [-0.39, 0.29) is 35.5 Å². The van der Waals surface area contributed by atoms with Gasteiger partial charge < -0.3 is 20.5 Å². The molecule has 39 heavy (non-hydrogen) atoms. The number of amides is 2. The van der Waals surface area contributed by atoms with Crippen LogP contribution in [-0.2, 0) is 28.8 Å². The van der Waals surface area contributed by atoms with Crippen molar-refractivity contribution in [3.8, 4) is 5.75 Å². The minimum Gasteiger partial charge on any atom is -0.487 e. The number of methoxy groups -OCH3 is 1. The maximum absolute atomic E-state index is 13.4. The summed E-state index contributed by atoms with van der Waals surface area (Å²) in [5, 5.41) is 5.86. The van der Waals surface area contributed by atoms with Crippen molar-refractivity contribution in [2.75, 3.05) is 13.7 Å². The number of guanidine groups is 1. The van der Waals surface area contributed by atoms with Gasteiger partial charge in [0.15, 0.2) is 5.96 Å². The first-order valence-corrected chi connectivity index (χ1v) is 14.1. The average molecular weight is 533 g/mol. The van der Waals surface area contributed by atoms with Crippen LogP contribution in [0.4, 0.5) is 0 Å². The maximum atomic E-state index is 13.4. The maximum Gasteiger partial charge on any atom is 0.251 e. The van der Waals surface area contributed by atoms with Crippen molar-refractivity contribution >= 4 is 17.8 Å². The van der Waals surface area contributed by atoms with Crippen LogP contribution in [0.1, 0.15) is 84.6 Å². The van der Waals surface area contributed by atoms with Crippen molar-refractivity contribution < 1.29 is 19.1 Å². The molecule has 0 saturated carbocycles. The quantitative estimate of drug-likeness (QED) is 0.423. The summed E-state index contributed by atoms with van der Waals surface area (Å²) in [6, 6.07) is 12.2. The van der Waals surface area contributed by atoms with E-state index in [1.165, 1.54) is 16.7 Å². The number of hydrogen-bond donors (Lipinski definition) is 3. The second kappa shape index (κ2) is 11.4. The van der Waals surface area contributed by atoms with Gasteiger partial charge in [0.25, 0.3) is 5.91 Å². The second-order valence-electron chi connectivity index (χ2n) is 11.8. The molecule has 2 amide bonds. The van der Waals surface area contributed by atoms with Crippen molar-refractivity contribution in [3.63, 3.8) is 0 Å². The van der Waals surface area contributed by atoms with E-state index in [2.05, 4.69) is 53.7 Å². The first-order chi connectivity index (χ1) is 18.7. The van der Waals surface area contributed by atoms with Gasteiger partial charge in [-0.3, -0.25) is 14.9 Å². The number of nitrogens with zero attached hydrogens (tertiary/aromatic N) is 1. The van der Waals surface area contributed by atoms with Gasteiger partial charge in [0, 0.05) is 37.7 Å². The molecule has 0 radical (unpaired) electrons. The van der Waals surface area contributed by atoms with E-state index >= 15 is 0 Å². The lowest BCUT2D eigenvalue weighted by Gasteiger charge is -2.38. The van der Waals surface area contributed by atoms with Crippen molar-refractivity contribution in [2.24, 2.45) is 16.6 Å². The van der Waals surface area contributed by atoms with Crippen LogP contribution in [0.5, 0.6) is 5.75 Å². The third kappa shape index (κ3) is 6.61. The number of hydrogen-bond acceptors (Lipinski definition) is 6. The summed E-state index contributed by atoms with van der Waals surface area (Å²) in [7, 11) is 1.74. The third-order valence-corrected chi connectivity index (χ3v) is 7.99. The van der Waals surface area contributed by atoms with Gasteiger partial charge in [-0.05, 0) is 86.8 Å². The van der Waals surface area contributed by atoms with E-state index < -0.39 is 0 Å². The Balaban J connectivity index is 1.24. The van der Waals surface area contributed by atoms with Gasteiger partial charge in [-0.1, -0.05) is 24.6 Å². The number of carbonyl (C=O) groups excluding carboxylic acids is 2. The molecular formula is C31H40N4O4. The normalized spacial score (nSPS) is 23.2. The summed E-state index contributed by atoms with van der Waals surface area (Å²) in [6.45, 7) is 4.87. The van der Waals surface area contributed by atoms with E-state index in [0.717, 1.165) is 56.4 Å². The number of rotatable bonds is 9. The Morgan fingerprint density at radius 2 is 1.97 bits per heavy atom. The Kier molecular flexibility index (Phi) is 7.93. The average Bonchev–Trinajstić information content (AvgIpc) is 3.27. The lowest BCUT2D eigenvalue weighted by molar-refractivity contribution is -0.120. The molecule has 2 aliphatic heterocycles. The highest BCUT2D eigenvalue weighted by atomic mass is 16.5. The zero-order chi connectivity index (χ0) is 27.6. The topological polar surface area (TPSA) is 115 Å². The van der Waals surface area contributed by atoms with Crippen LogP contribution in [-0.4, -0.2) is 43.1 Å². The van der Waals surface area contributed by atoms with Crippen LogP contribution >= 0.6 is 0 Å². The summed E-state index contributed by atoms with van der Waals surface area (Å²) in [5.74, 6) is 1.42. The van der Waals surface area contributed by atoms with Crippen LogP contribution in [0.15, 0.2) is 41.4 Å². The molecule has 0 spiro atoms. The van der Waals surface area contributed by atoms with Crippen molar-refractivity contribution in [3.05, 3.63) is 64.2 Å². The Bertz CT molecular complexity index is 1270. The number of carbonyl (C=O) groups is 2. The molecule has 3 atom stereocenters. The molecule has 5 rings (SSSR count). The summed E-state index contributed by atoms with van der Waals surface area (Å²) in [5.41, 5.74) is 10.8. The monoisotopic (exact) mass is 532 g/mol. The first-order valence-electron chi connectivity index (χ1n) is 14.1. The second-order valence-corrected chi connectivity index (χ2v) is 11.8. The molecule has 0 fully saturated rings. The standard InChI is InChI=1S/C31H40N4O4/c1-31(2)17-26(34-29(37)22-10-9-21-12-20(18-38-3)13-23(21)15-22)25-14-19(8-11-27(25)39-31)6-4-5-7-24-16-28(36)35-30(32)33-24/h8-11,14-15,20,24,26H,4-7,12-13,16-18H2,1-3H3,(H,34,37)(H3,32,33,35,36). The molecule has 208 valence electrons. The van der Waals surface area contributed by atoms with Crippen LogP contribution in [0.3, 0.4) is 0 Å². The molecule has 2 aromatic carbocycles. The smallest absolute Gasteiger partial charge is 0.251 e. The molecule has 0 bridgehead atoms. The van der Waals surface area contributed by atoms with E-state index in [9.17, 15) is 9.59 Å². The highest BCUT2D eigenvalue weighted by molar-refractivity contribution is 5.98. The predicted octanol–water partition coefficient (Wildman–Crippen LogP) is 4.00. The molecule has 8 nitrogen and oxygen atoms in total. The largest absolute Gasteiger partial charge is 0.487 e. The Morgan fingerprint density at radius 1 is 1.15 bits per heavy atom. The van der Waals surface area contributed by atoms with Gasteiger partial charge in [0.05, 0.1) is 12.1 Å². The van der Waals surface area contributed by atoms with Crippen LogP contribution in [0, 0.1) is 5.92 Å². The summed E-state index contributed by atoms with van der Waals surface area (Å²) < 4.78 is 11.6. The highest BCUT2D eigenvalue weighted by Crippen LogP contribution is 2.40. The molecule has 2 aromatic rings. The lowest BCUT2D eigenvalue weighted by Crippen LogP contribution is -2.43. The van der Waals surface area contributed by atoms with E-state index in [1.807, 2.05) is 12.1 Å². The summed E-state index contributed by atoms with van der Waals surface area (Å²) >= 11 is 0. The van der Waals surface area contributed by atoms with Crippen LogP contribution in [0.2, 0.25) is 0 Å². The van der Waals surface area contributed by atoms with Gasteiger partial charge in [0.2, 0.25) is 5.91 Å². The van der Waals surface area contributed by atoms with Gasteiger partial charge >= 0.3 is 0 Å². The zero-order valence-electron chi connectivity index (χ0n) is 23.2. The van der Waals surface area contributed by atoms with E-state index in [1.54, 1.807) is 7.11 Å². The summed E-state index contributed by atoms with van der Waals surface area (Å²) in [6.07, 6.45) is 6.73. The first kappa shape index (κ1) is 27.2. The van der Waals surface area contributed by atoms with Crippen LogP contribution in [0.25, 0.3) is 0 Å². The SMILES string of the molecule is COCC1Cc2ccc(C(=O)NC3CC(C)(C)Oc4ccc(CCCCC5CC(=O)NC(N)=N5)cc43)cc2C1. The number of aliphatic imine (C=N–C) groups is 1. The number of nitrogens with two attached hydrogens (primary N) is 1. The van der Waals surface area contributed by atoms with E-state index in [0.29, 0.717) is 24.3 Å². The Morgan fingerprint density at radius 3 is 2.77 bits per heavy atom. The molecule has 3 unspecified atom stereocenters. The van der Waals surface area contributed by atoms with Crippen LogP contribution < -0.4 is 21.1 Å². The number of fused-ring (bicyclic) bond motifs is 2. The van der Waals surface area contributed by atoms with Gasteiger partial charge in [-0.2, -0.15) is 0 Å². The molecule has 1 aliphatic carbocycles. The minimum atomic E-state index is -0.383. The zero-order valence-corrected chi connectivity index (χ0v) is 23.2. The molecule has 8 heteroatoms. The number of nitrogens with one attached hydrogen (secondary N) is 2. The third-order valence-electron chi connectivity index (χ3n) is 7.99. The molecule has 0 saturated heterocycles.